The van der Waals surface area contributed by atoms with Crippen molar-refractivity contribution in [2.24, 2.45) is 5.73 Å². The lowest BCUT2D eigenvalue weighted by Crippen LogP contribution is -2.26. The second-order valence-electron chi connectivity index (χ2n) is 5.26. The number of carboxylic acid groups (broad SMARTS) is 1. The molecule has 0 fully saturated rings. The van der Waals surface area contributed by atoms with Crippen molar-refractivity contribution in [2.75, 3.05) is 40.0 Å². The first-order valence-corrected chi connectivity index (χ1v) is 8.92. The van der Waals surface area contributed by atoms with Gasteiger partial charge in [-0.15, -0.1) is 0 Å². The molecule has 0 amide bonds. The summed E-state index contributed by atoms with van der Waals surface area (Å²) in [5.74, 6) is 2.98. The molecule has 0 atom stereocenters. The number of carboxylic acids is 1. The molecule has 1 aromatic rings. The molecule has 1 aromatic heterocycles. The van der Waals surface area contributed by atoms with Crippen LogP contribution in [-0.4, -0.2) is 60.9 Å². The van der Waals surface area contributed by atoms with E-state index in [-0.39, 0.29) is 6.54 Å². The van der Waals surface area contributed by atoms with Crippen LogP contribution in [0.2, 0.25) is 0 Å². The van der Waals surface area contributed by atoms with Gasteiger partial charge in [0.1, 0.15) is 11.5 Å². The van der Waals surface area contributed by atoms with Crippen LogP contribution in [0.3, 0.4) is 0 Å². The van der Waals surface area contributed by atoms with Crippen molar-refractivity contribution in [3.05, 3.63) is 45.8 Å². The quantitative estimate of drug-likeness (QED) is 0.239. The Morgan fingerprint density at radius 2 is 2.08 bits per heavy atom. The Kier molecular flexibility index (Phi) is 12.8. The molecule has 0 saturated carbocycles. The van der Waals surface area contributed by atoms with Crippen LogP contribution in [0, 0.1) is 10.1 Å². The lowest BCUT2D eigenvalue weighted by molar-refractivity contribution is -0.404. The van der Waals surface area contributed by atoms with E-state index in [1.54, 1.807) is 18.8 Å². The third-order valence-corrected chi connectivity index (χ3v) is 3.66. The Morgan fingerprint density at radius 1 is 1.46 bits per heavy atom. The molecule has 10 nitrogen and oxygen atoms in total. The van der Waals surface area contributed by atoms with Gasteiger partial charge in [-0.3, -0.25) is 14.9 Å². The zero-order valence-electron chi connectivity index (χ0n) is 15.2. The molecule has 0 unspecified atom stereocenters. The van der Waals surface area contributed by atoms with E-state index in [2.05, 4.69) is 21.3 Å². The fraction of sp³-hybridized carbons (Fsp3) is 0.533. The molecule has 0 saturated heterocycles. The highest BCUT2D eigenvalue weighted by Gasteiger charge is 2.04. The minimum Gasteiger partial charge on any atom is -0.480 e. The van der Waals surface area contributed by atoms with Crippen molar-refractivity contribution in [3.8, 4) is 0 Å². The number of nitro groups is 1. The normalized spacial score (nSPS) is 10.9. The van der Waals surface area contributed by atoms with Crippen molar-refractivity contribution in [2.45, 2.75) is 12.3 Å². The average Bonchev–Trinajstić information content (AvgIpc) is 3.00. The van der Waals surface area contributed by atoms with Gasteiger partial charge in [0.2, 0.25) is 0 Å². The first kappa shape index (κ1) is 23.8. The predicted molar refractivity (Wildman–Crippen MR) is 101 cm³/mol. The zero-order valence-corrected chi connectivity index (χ0v) is 16.0. The Labute approximate surface area is 156 Å². The van der Waals surface area contributed by atoms with Crippen LogP contribution in [0.25, 0.3) is 0 Å². The van der Waals surface area contributed by atoms with E-state index in [0.29, 0.717) is 12.4 Å². The van der Waals surface area contributed by atoms with Gasteiger partial charge in [0.05, 0.1) is 23.8 Å². The standard InChI is InChI=1S/C13H22N4O3S.C2H5NO2/c1-14-13(9-17(18)19)15-6-7-21-10-12-5-4-11(20-12)8-16(2)3;3-1-2(4)5/h4-5,9,14-15H,6-8,10H2,1-3H3;1,3H2,(H,4,5). The molecule has 0 bridgehead atoms. The highest BCUT2D eigenvalue weighted by Crippen LogP contribution is 2.15. The summed E-state index contributed by atoms with van der Waals surface area (Å²) in [7, 11) is 5.64. The van der Waals surface area contributed by atoms with E-state index in [9.17, 15) is 14.9 Å². The summed E-state index contributed by atoms with van der Waals surface area (Å²) < 4.78 is 5.70. The summed E-state index contributed by atoms with van der Waals surface area (Å²) in [5, 5.41) is 23.7. The molecule has 0 radical (unpaired) electrons. The number of nitrogens with two attached hydrogens (primary N) is 1. The van der Waals surface area contributed by atoms with Crippen molar-refractivity contribution >= 4 is 17.7 Å². The van der Waals surface area contributed by atoms with Gasteiger partial charge in [-0.2, -0.15) is 11.8 Å². The number of carbonyl (C=O) groups is 1. The van der Waals surface area contributed by atoms with Gasteiger partial charge < -0.3 is 30.8 Å². The number of hydrogen-bond donors (Lipinski definition) is 4. The Morgan fingerprint density at radius 3 is 2.58 bits per heavy atom. The molecule has 148 valence electrons. The van der Waals surface area contributed by atoms with Crippen LogP contribution in [-0.2, 0) is 17.1 Å². The van der Waals surface area contributed by atoms with Crippen LogP contribution < -0.4 is 16.4 Å². The van der Waals surface area contributed by atoms with Crippen LogP contribution >= 0.6 is 11.8 Å². The van der Waals surface area contributed by atoms with Gasteiger partial charge >= 0.3 is 5.97 Å². The molecule has 0 spiro atoms. The van der Waals surface area contributed by atoms with E-state index in [0.717, 1.165) is 35.8 Å². The third kappa shape index (κ3) is 13.1. The monoisotopic (exact) mass is 389 g/mol. The SMILES string of the molecule is CNC(=C[N+](=O)[O-])NCCSCc1ccc(CN(C)C)o1.NCC(=O)O. The second kappa shape index (κ2) is 14.0. The van der Waals surface area contributed by atoms with Gasteiger partial charge in [-0.05, 0) is 26.2 Å². The van der Waals surface area contributed by atoms with E-state index < -0.39 is 10.9 Å². The number of rotatable bonds is 11. The fourth-order valence-electron chi connectivity index (χ4n) is 1.63. The maximum Gasteiger partial charge on any atom is 0.317 e. The smallest absolute Gasteiger partial charge is 0.317 e. The minimum atomic E-state index is -0.968. The first-order chi connectivity index (χ1) is 12.3. The number of nitrogens with one attached hydrogen (secondary N) is 2. The average molecular weight is 389 g/mol. The molecule has 26 heavy (non-hydrogen) atoms. The Hall–Kier alpha value is -2.24. The van der Waals surface area contributed by atoms with Crippen LogP contribution in [0.4, 0.5) is 0 Å². The molecule has 0 aromatic carbocycles. The number of hydrogen-bond acceptors (Lipinski definition) is 9. The molecule has 11 heteroatoms. The van der Waals surface area contributed by atoms with Crippen molar-refractivity contribution in [1.82, 2.24) is 15.5 Å². The maximum absolute atomic E-state index is 10.3. The lowest BCUT2D eigenvalue weighted by atomic mass is 10.4. The molecule has 5 N–H and O–H groups in total. The Balaban J connectivity index is 0.00000110. The molecular weight excluding hydrogens is 362 g/mol. The molecule has 1 heterocycles. The molecule has 0 aliphatic carbocycles. The van der Waals surface area contributed by atoms with E-state index in [1.807, 2.05) is 26.2 Å². The summed E-state index contributed by atoms with van der Waals surface area (Å²) in [6.45, 7) is 1.17. The fourth-order valence-corrected chi connectivity index (χ4v) is 2.38. The van der Waals surface area contributed by atoms with E-state index in [1.165, 1.54) is 0 Å². The highest BCUT2D eigenvalue weighted by molar-refractivity contribution is 7.98. The predicted octanol–water partition coefficient (Wildman–Crippen LogP) is 0.489. The van der Waals surface area contributed by atoms with Crippen molar-refractivity contribution in [1.29, 1.82) is 0 Å². The van der Waals surface area contributed by atoms with Gasteiger partial charge in [0.15, 0.2) is 5.82 Å². The Bertz CT molecular complexity index is 577. The summed E-state index contributed by atoms with van der Waals surface area (Å²) in [5.41, 5.74) is 4.57. The summed E-state index contributed by atoms with van der Waals surface area (Å²) in [4.78, 5) is 21.2. The topological polar surface area (TPSA) is 147 Å². The zero-order chi connectivity index (χ0) is 19.9. The molecular formula is C15H27N5O5S. The third-order valence-electron chi connectivity index (χ3n) is 2.67. The van der Waals surface area contributed by atoms with E-state index in [4.69, 9.17) is 9.52 Å². The highest BCUT2D eigenvalue weighted by atomic mass is 32.2. The lowest BCUT2D eigenvalue weighted by Gasteiger charge is -2.07. The van der Waals surface area contributed by atoms with Gasteiger partial charge in [-0.25, -0.2) is 0 Å². The van der Waals surface area contributed by atoms with Gasteiger partial charge in [0, 0.05) is 19.3 Å². The summed E-state index contributed by atoms with van der Waals surface area (Å²) >= 11 is 1.72. The van der Waals surface area contributed by atoms with Crippen molar-refractivity contribution < 1.29 is 19.2 Å². The first-order valence-electron chi connectivity index (χ1n) is 7.77. The second-order valence-corrected chi connectivity index (χ2v) is 6.37. The molecule has 1 rings (SSSR count). The van der Waals surface area contributed by atoms with E-state index >= 15 is 0 Å². The maximum atomic E-state index is 10.3. The van der Waals surface area contributed by atoms with Crippen LogP contribution in [0.1, 0.15) is 11.5 Å². The van der Waals surface area contributed by atoms with Crippen LogP contribution in [0.5, 0.6) is 0 Å². The number of thioether (sulfide) groups is 1. The summed E-state index contributed by atoms with van der Waals surface area (Å²) in [6, 6.07) is 3.98. The summed E-state index contributed by atoms with van der Waals surface area (Å²) in [6.07, 6.45) is 0.921. The van der Waals surface area contributed by atoms with Crippen molar-refractivity contribution in [3.63, 3.8) is 0 Å². The van der Waals surface area contributed by atoms with Crippen LogP contribution in [0.15, 0.2) is 28.6 Å². The van der Waals surface area contributed by atoms with Gasteiger partial charge in [-0.1, -0.05) is 0 Å². The number of nitrogens with zero attached hydrogens (tertiary/aromatic N) is 2. The molecule has 0 aliphatic heterocycles. The number of aliphatic carboxylic acids is 1. The van der Waals surface area contributed by atoms with Gasteiger partial charge in [0.25, 0.3) is 6.20 Å². The largest absolute Gasteiger partial charge is 0.480 e. The minimum absolute atomic E-state index is 0.278. The number of furan rings is 1. The molecule has 0 aliphatic rings.